The van der Waals surface area contributed by atoms with Gasteiger partial charge in [0.25, 0.3) is 0 Å². The third kappa shape index (κ3) is 5.69. The van der Waals surface area contributed by atoms with Crippen molar-refractivity contribution in [3.63, 3.8) is 0 Å². The molecule has 0 saturated carbocycles. The van der Waals surface area contributed by atoms with Crippen LogP contribution >= 0.6 is 34.5 Å². The Balaban J connectivity index is 1.74. The van der Waals surface area contributed by atoms with Crippen LogP contribution in [-0.2, 0) is 0 Å². The van der Waals surface area contributed by atoms with E-state index in [1.165, 1.54) is 17.4 Å². The summed E-state index contributed by atoms with van der Waals surface area (Å²) in [6.45, 7) is 4.17. The molecule has 6 nitrogen and oxygen atoms in total. The van der Waals surface area contributed by atoms with Gasteiger partial charge in [-0.25, -0.2) is 9.78 Å². The van der Waals surface area contributed by atoms with Crippen LogP contribution in [0.15, 0.2) is 46.9 Å². The molecule has 0 radical (unpaired) electrons. The number of nitrogens with zero attached hydrogens (tertiary/aromatic N) is 2. The number of esters is 1. The maximum Gasteiger partial charge on any atom is 0.343 e. The molecule has 0 amide bonds. The lowest BCUT2D eigenvalue weighted by atomic mass is 10.2. The number of hydrazone groups is 1. The van der Waals surface area contributed by atoms with Gasteiger partial charge in [-0.1, -0.05) is 23.2 Å². The number of carbonyl (C=O) groups is 1. The summed E-state index contributed by atoms with van der Waals surface area (Å²) in [5.74, 6) is 0.158. The largest absolute Gasteiger partial charge is 0.490 e. The van der Waals surface area contributed by atoms with Crippen LogP contribution in [0.1, 0.15) is 28.5 Å². The zero-order valence-corrected chi connectivity index (χ0v) is 17.9. The first-order valence-corrected chi connectivity index (χ1v) is 10.2. The third-order valence-corrected chi connectivity index (χ3v) is 5.22. The fourth-order valence-corrected chi connectivity index (χ4v) is 3.24. The third-order valence-electron chi connectivity index (χ3n) is 3.62. The molecule has 0 atom stereocenters. The standard InChI is InChI=1S/C20H17Cl2N3O3S/c1-3-27-18-8-13(10-23-25-20-24-12(2)11-29-20)4-7-17(18)28-19(26)14-5-6-15(21)16(22)9-14/h4-11H,3H2,1-2H3,(H,24,25)/b23-10-. The lowest BCUT2D eigenvalue weighted by Crippen LogP contribution is -2.10. The minimum atomic E-state index is -0.563. The van der Waals surface area contributed by atoms with E-state index in [9.17, 15) is 4.79 Å². The van der Waals surface area contributed by atoms with Crippen LogP contribution in [-0.4, -0.2) is 23.8 Å². The molecule has 0 saturated heterocycles. The normalized spacial score (nSPS) is 10.9. The van der Waals surface area contributed by atoms with E-state index >= 15 is 0 Å². The second kappa shape index (κ2) is 9.73. The number of ether oxygens (including phenoxy) is 2. The molecular formula is C20H17Cl2N3O3S. The minimum Gasteiger partial charge on any atom is -0.490 e. The number of aromatic nitrogens is 1. The molecule has 0 unspecified atom stereocenters. The van der Waals surface area contributed by atoms with E-state index in [1.807, 2.05) is 19.2 Å². The van der Waals surface area contributed by atoms with Crippen LogP contribution in [0.4, 0.5) is 5.13 Å². The average Bonchev–Trinajstić information content (AvgIpc) is 3.11. The van der Waals surface area contributed by atoms with Crippen LogP contribution in [0.5, 0.6) is 11.5 Å². The van der Waals surface area contributed by atoms with Crippen molar-refractivity contribution in [1.82, 2.24) is 4.98 Å². The maximum atomic E-state index is 12.4. The predicted octanol–water partition coefficient (Wildman–Crippen LogP) is 5.82. The monoisotopic (exact) mass is 449 g/mol. The molecule has 150 valence electrons. The molecule has 9 heteroatoms. The van der Waals surface area contributed by atoms with Gasteiger partial charge < -0.3 is 9.47 Å². The highest BCUT2D eigenvalue weighted by molar-refractivity contribution is 7.13. The summed E-state index contributed by atoms with van der Waals surface area (Å²) in [5.41, 5.74) is 4.86. The second-order valence-electron chi connectivity index (χ2n) is 5.82. The summed E-state index contributed by atoms with van der Waals surface area (Å²) < 4.78 is 11.1. The first-order valence-electron chi connectivity index (χ1n) is 8.61. The number of nitrogens with one attached hydrogen (secondary N) is 1. The first kappa shape index (κ1) is 21.1. The van der Waals surface area contributed by atoms with Crippen LogP contribution in [0.25, 0.3) is 0 Å². The summed E-state index contributed by atoms with van der Waals surface area (Å²) >= 11 is 13.3. The number of thiazole rings is 1. The van der Waals surface area contributed by atoms with Crippen LogP contribution in [0, 0.1) is 6.92 Å². The van der Waals surface area contributed by atoms with Crippen molar-refractivity contribution in [2.45, 2.75) is 13.8 Å². The van der Waals surface area contributed by atoms with Crippen molar-refractivity contribution in [2.24, 2.45) is 5.10 Å². The Morgan fingerprint density at radius 3 is 2.72 bits per heavy atom. The fourth-order valence-electron chi connectivity index (χ4n) is 2.31. The van der Waals surface area contributed by atoms with Crippen molar-refractivity contribution in [2.75, 3.05) is 12.0 Å². The van der Waals surface area contributed by atoms with Gasteiger partial charge in [0.15, 0.2) is 11.5 Å². The Morgan fingerprint density at radius 1 is 1.21 bits per heavy atom. The van der Waals surface area contributed by atoms with Gasteiger partial charge in [0.05, 0.1) is 34.1 Å². The van der Waals surface area contributed by atoms with Crippen molar-refractivity contribution < 1.29 is 14.3 Å². The SMILES string of the molecule is CCOc1cc(/C=N\Nc2nc(C)cs2)ccc1OC(=O)c1ccc(Cl)c(Cl)c1. The van der Waals surface area contributed by atoms with Gasteiger partial charge in [0.1, 0.15) is 0 Å². The van der Waals surface area contributed by atoms with Crippen molar-refractivity contribution in [3.8, 4) is 11.5 Å². The van der Waals surface area contributed by atoms with Crippen molar-refractivity contribution >= 4 is 51.9 Å². The Labute approximate surface area is 182 Å². The summed E-state index contributed by atoms with van der Waals surface area (Å²) in [7, 11) is 0. The lowest BCUT2D eigenvalue weighted by molar-refractivity contribution is 0.0728. The highest BCUT2D eigenvalue weighted by Gasteiger charge is 2.14. The second-order valence-corrected chi connectivity index (χ2v) is 7.49. The van der Waals surface area contributed by atoms with Gasteiger partial charge in [0.2, 0.25) is 5.13 Å². The molecule has 0 aliphatic carbocycles. The summed E-state index contributed by atoms with van der Waals surface area (Å²) in [4.78, 5) is 16.7. The molecular weight excluding hydrogens is 433 g/mol. The molecule has 1 heterocycles. The molecule has 1 aromatic heterocycles. The Hall–Kier alpha value is -2.61. The molecule has 0 aliphatic rings. The number of anilines is 1. The van der Waals surface area contributed by atoms with E-state index < -0.39 is 5.97 Å². The number of hydrogen-bond donors (Lipinski definition) is 1. The Bertz CT molecular complexity index is 1050. The smallest absolute Gasteiger partial charge is 0.343 e. The number of benzene rings is 2. The summed E-state index contributed by atoms with van der Waals surface area (Å²) in [5, 5.41) is 7.44. The number of halogens is 2. The van der Waals surface area contributed by atoms with E-state index in [1.54, 1.807) is 36.5 Å². The number of aryl methyl sites for hydroxylation is 1. The summed E-state index contributed by atoms with van der Waals surface area (Å²) in [6.07, 6.45) is 1.63. The average molecular weight is 450 g/mol. The quantitative estimate of drug-likeness (QED) is 0.213. The highest BCUT2D eigenvalue weighted by atomic mass is 35.5. The number of rotatable bonds is 7. The molecule has 3 aromatic rings. The summed E-state index contributed by atoms with van der Waals surface area (Å²) in [6, 6.07) is 9.69. The predicted molar refractivity (Wildman–Crippen MR) is 117 cm³/mol. The van der Waals surface area contributed by atoms with E-state index in [2.05, 4.69) is 15.5 Å². The first-order chi connectivity index (χ1) is 14.0. The zero-order chi connectivity index (χ0) is 20.8. The van der Waals surface area contributed by atoms with Crippen LogP contribution < -0.4 is 14.9 Å². The zero-order valence-electron chi connectivity index (χ0n) is 15.6. The van der Waals surface area contributed by atoms with E-state index in [4.69, 9.17) is 32.7 Å². The van der Waals surface area contributed by atoms with E-state index in [-0.39, 0.29) is 10.6 Å². The molecule has 0 bridgehead atoms. The number of carbonyl (C=O) groups excluding carboxylic acids is 1. The van der Waals surface area contributed by atoms with E-state index in [0.29, 0.717) is 28.3 Å². The lowest BCUT2D eigenvalue weighted by Gasteiger charge is -2.11. The Kier molecular flexibility index (Phi) is 7.09. The van der Waals surface area contributed by atoms with Crippen molar-refractivity contribution in [3.05, 3.63) is 68.6 Å². The number of hydrogen-bond acceptors (Lipinski definition) is 7. The maximum absolute atomic E-state index is 12.4. The van der Waals surface area contributed by atoms with Crippen LogP contribution in [0.2, 0.25) is 10.0 Å². The molecule has 29 heavy (non-hydrogen) atoms. The molecule has 3 rings (SSSR count). The molecule has 0 spiro atoms. The minimum absolute atomic E-state index is 0.278. The van der Waals surface area contributed by atoms with Gasteiger partial charge in [-0.15, -0.1) is 11.3 Å². The van der Waals surface area contributed by atoms with Gasteiger partial charge in [-0.05, 0) is 55.8 Å². The van der Waals surface area contributed by atoms with Crippen molar-refractivity contribution in [1.29, 1.82) is 0 Å². The molecule has 2 aromatic carbocycles. The van der Waals surface area contributed by atoms with Gasteiger partial charge in [-0.2, -0.15) is 5.10 Å². The highest BCUT2D eigenvalue weighted by Crippen LogP contribution is 2.30. The van der Waals surface area contributed by atoms with Gasteiger partial charge >= 0.3 is 5.97 Å². The topological polar surface area (TPSA) is 72.8 Å². The Morgan fingerprint density at radius 2 is 2.03 bits per heavy atom. The van der Waals surface area contributed by atoms with Gasteiger partial charge in [0, 0.05) is 5.38 Å². The molecule has 1 N–H and O–H groups in total. The van der Waals surface area contributed by atoms with E-state index in [0.717, 1.165) is 11.3 Å². The molecule has 0 fully saturated rings. The fraction of sp³-hybridized carbons (Fsp3) is 0.150. The van der Waals surface area contributed by atoms with Gasteiger partial charge in [-0.3, -0.25) is 5.43 Å². The molecule has 0 aliphatic heterocycles. The van der Waals surface area contributed by atoms with Crippen LogP contribution in [0.3, 0.4) is 0 Å².